The molecule has 5 rings (SSSR count). The summed E-state index contributed by atoms with van der Waals surface area (Å²) in [6, 6.07) is 23.7. The molecule has 1 fully saturated rings. The molecule has 4 aromatic rings. The minimum absolute atomic E-state index is 0.759. The van der Waals surface area contributed by atoms with Gasteiger partial charge in [0.25, 0.3) is 0 Å². The van der Waals surface area contributed by atoms with Gasteiger partial charge in [-0.15, -0.1) is 0 Å². The van der Waals surface area contributed by atoms with Gasteiger partial charge in [0.05, 0.1) is 6.61 Å². The summed E-state index contributed by atoms with van der Waals surface area (Å²) in [6.45, 7) is 6.24. The fraction of sp³-hybridized carbons (Fsp3) is 0.259. The molecule has 1 aromatic heterocycles. The van der Waals surface area contributed by atoms with Crippen LogP contribution >= 0.6 is 0 Å². The first kappa shape index (κ1) is 24.1. The van der Waals surface area contributed by atoms with Gasteiger partial charge in [0.1, 0.15) is 5.75 Å². The number of carbonyl (C=O) groups is 2. The lowest BCUT2D eigenvalue weighted by Gasteiger charge is -2.36. The van der Waals surface area contributed by atoms with Gasteiger partial charge < -0.3 is 24.8 Å². The topological polar surface area (TPSA) is 106 Å². The second-order valence-corrected chi connectivity index (χ2v) is 8.37. The zero-order valence-electron chi connectivity index (χ0n) is 19.4. The molecule has 8 heteroatoms. The van der Waals surface area contributed by atoms with E-state index in [0.717, 1.165) is 62.4 Å². The van der Waals surface area contributed by atoms with Gasteiger partial charge in [0.2, 0.25) is 0 Å². The van der Waals surface area contributed by atoms with E-state index >= 15 is 0 Å². The normalized spacial score (nSPS) is 13.9. The summed E-state index contributed by atoms with van der Waals surface area (Å²) in [6.07, 6.45) is 3.02. The smallest absolute Gasteiger partial charge is 0.414 e. The van der Waals surface area contributed by atoms with Crippen LogP contribution in [-0.4, -0.2) is 71.4 Å². The van der Waals surface area contributed by atoms with Gasteiger partial charge in [0.15, 0.2) is 0 Å². The van der Waals surface area contributed by atoms with Crippen LogP contribution in [-0.2, 0) is 9.59 Å². The first-order valence-electron chi connectivity index (χ1n) is 11.6. The van der Waals surface area contributed by atoms with Gasteiger partial charge >= 0.3 is 11.9 Å². The first-order chi connectivity index (χ1) is 17.0. The van der Waals surface area contributed by atoms with Crippen LogP contribution in [0.1, 0.15) is 6.42 Å². The number of ether oxygens (including phenoxy) is 1. The van der Waals surface area contributed by atoms with E-state index in [2.05, 4.69) is 75.4 Å². The van der Waals surface area contributed by atoms with Crippen molar-refractivity contribution >= 4 is 39.3 Å². The third-order valence-corrected chi connectivity index (χ3v) is 6.08. The van der Waals surface area contributed by atoms with Crippen LogP contribution in [0.25, 0.3) is 21.7 Å². The number of fused-ring (bicyclic) bond motifs is 2. The van der Waals surface area contributed by atoms with Crippen LogP contribution < -0.4 is 9.64 Å². The van der Waals surface area contributed by atoms with Crippen molar-refractivity contribution in [2.45, 2.75) is 6.42 Å². The summed E-state index contributed by atoms with van der Waals surface area (Å²) < 4.78 is 6.04. The maximum absolute atomic E-state index is 9.10. The maximum Gasteiger partial charge on any atom is 0.414 e. The number of aromatic nitrogens is 1. The van der Waals surface area contributed by atoms with Crippen LogP contribution in [0.5, 0.6) is 5.75 Å². The average Bonchev–Trinajstić information content (AvgIpc) is 3.37. The molecular weight excluding hydrogens is 446 g/mol. The first-order valence-corrected chi connectivity index (χ1v) is 11.6. The Morgan fingerprint density at radius 2 is 1.60 bits per heavy atom. The highest BCUT2D eigenvalue weighted by Crippen LogP contribution is 2.25. The highest BCUT2D eigenvalue weighted by atomic mass is 16.5. The molecule has 3 N–H and O–H groups in total. The number of carboxylic acids is 2. The molecule has 0 unspecified atom stereocenters. The predicted molar refractivity (Wildman–Crippen MR) is 136 cm³/mol. The highest BCUT2D eigenvalue weighted by molar-refractivity contribution is 6.27. The monoisotopic (exact) mass is 475 g/mol. The van der Waals surface area contributed by atoms with E-state index in [1.54, 1.807) is 0 Å². The number of H-pyrrole nitrogens is 1. The number of aromatic amines is 1. The molecule has 3 aromatic carbocycles. The van der Waals surface area contributed by atoms with Crippen molar-refractivity contribution < 1.29 is 24.5 Å². The van der Waals surface area contributed by atoms with E-state index in [9.17, 15) is 0 Å². The van der Waals surface area contributed by atoms with Crippen LogP contribution in [0.3, 0.4) is 0 Å². The van der Waals surface area contributed by atoms with E-state index in [1.807, 2.05) is 12.3 Å². The fourth-order valence-electron chi connectivity index (χ4n) is 4.26. The molecule has 35 heavy (non-hydrogen) atoms. The van der Waals surface area contributed by atoms with E-state index in [1.165, 1.54) is 16.5 Å². The average molecular weight is 476 g/mol. The molecule has 0 spiro atoms. The summed E-state index contributed by atoms with van der Waals surface area (Å²) in [5.74, 6) is -2.67. The van der Waals surface area contributed by atoms with Gasteiger partial charge in [-0.2, -0.15) is 0 Å². The van der Waals surface area contributed by atoms with Crippen molar-refractivity contribution in [3.63, 3.8) is 0 Å². The van der Waals surface area contributed by atoms with Crippen molar-refractivity contribution in [2.24, 2.45) is 0 Å². The van der Waals surface area contributed by atoms with Gasteiger partial charge in [-0.1, -0.05) is 36.4 Å². The molecule has 1 aliphatic rings. The van der Waals surface area contributed by atoms with Crippen molar-refractivity contribution in [1.29, 1.82) is 0 Å². The number of carboxylic acid groups (broad SMARTS) is 2. The largest absolute Gasteiger partial charge is 0.493 e. The summed E-state index contributed by atoms with van der Waals surface area (Å²) in [4.78, 5) is 26.5. The van der Waals surface area contributed by atoms with E-state index in [0.29, 0.717) is 0 Å². The number of piperazine rings is 1. The Labute approximate surface area is 203 Å². The lowest BCUT2D eigenvalue weighted by molar-refractivity contribution is -0.159. The summed E-state index contributed by atoms with van der Waals surface area (Å²) in [5, 5.41) is 18.6. The Kier molecular flexibility index (Phi) is 7.84. The Balaban J connectivity index is 0.000000431. The Hall–Kier alpha value is -4.04. The highest BCUT2D eigenvalue weighted by Gasteiger charge is 2.17. The fourth-order valence-corrected chi connectivity index (χ4v) is 4.26. The predicted octanol–water partition coefficient (Wildman–Crippen LogP) is 4.07. The number of anilines is 1. The van der Waals surface area contributed by atoms with Crippen molar-refractivity contribution in [2.75, 3.05) is 44.2 Å². The van der Waals surface area contributed by atoms with Crippen LogP contribution in [0.15, 0.2) is 72.9 Å². The summed E-state index contributed by atoms with van der Waals surface area (Å²) in [7, 11) is 0. The van der Waals surface area contributed by atoms with Crippen LogP contribution in [0.4, 0.5) is 5.69 Å². The van der Waals surface area contributed by atoms with Gasteiger partial charge in [-0.05, 0) is 47.5 Å². The molecule has 0 amide bonds. The molecule has 1 saturated heterocycles. The molecule has 2 heterocycles. The van der Waals surface area contributed by atoms with Gasteiger partial charge in [-0.3, -0.25) is 4.90 Å². The number of benzene rings is 3. The molecular formula is C27H29N3O5. The molecule has 1 aliphatic heterocycles. The number of nitrogens with one attached hydrogen (secondary N) is 1. The third-order valence-electron chi connectivity index (χ3n) is 6.08. The quantitative estimate of drug-likeness (QED) is 0.285. The SMILES string of the molecule is O=C(O)C(=O)O.c1ccc2cc(N3CCN(CCCOc4cccc5[nH]ccc45)CC3)ccc2c1. The lowest BCUT2D eigenvalue weighted by Crippen LogP contribution is -2.46. The molecule has 8 nitrogen and oxygen atoms in total. The molecule has 182 valence electrons. The second-order valence-electron chi connectivity index (χ2n) is 8.37. The molecule has 0 atom stereocenters. The maximum atomic E-state index is 9.10. The van der Waals surface area contributed by atoms with Gasteiger partial charge in [-0.25, -0.2) is 9.59 Å². The Bertz CT molecular complexity index is 1280. The van der Waals surface area contributed by atoms with Crippen molar-refractivity contribution in [1.82, 2.24) is 9.88 Å². The minimum atomic E-state index is -1.82. The van der Waals surface area contributed by atoms with Gasteiger partial charge in [0, 0.05) is 55.5 Å². The second kappa shape index (κ2) is 11.4. The summed E-state index contributed by atoms with van der Waals surface area (Å²) >= 11 is 0. The third kappa shape index (κ3) is 6.30. The Morgan fingerprint density at radius 3 is 2.34 bits per heavy atom. The van der Waals surface area contributed by atoms with Crippen LogP contribution in [0, 0.1) is 0 Å². The lowest BCUT2D eigenvalue weighted by atomic mass is 10.1. The van der Waals surface area contributed by atoms with E-state index < -0.39 is 11.9 Å². The molecule has 0 bridgehead atoms. The summed E-state index contributed by atoms with van der Waals surface area (Å²) in [5.41, 5.74) is 2.47. The van der Waals surface area contributed by atoms with E-state index in [-0.39, 0.29) is 0 Å². The zero-order valence-corrected chi connectivity index (χ0v) is 19.4. The Morgan fingerprint density at radius 1 is 0.857 bits per heavy atom. The zero-order chi connectivity index (χ0) is 24.6. The molecule has 0 aliphatic carbocycles. The van der Waals surface area contributed by atoms with E-state index in [4.69, 9.17) is 24.5 Å². The number of aliphatic carboxylic acids is 2. The van der Waals surface area contributed by atoms with Crippen molar-refractivity contribution in [3.05, 3.63) is 72.9 Å². The number of hydrogen-bond donors (Lipinski definition) is 3. The number of rotatable bonds is 6. The number of nitrogens with zero attached hydrogens (tertiary/aromatic N) is 2. The standard InChI is InChI=1S/C25H27N3O.C2H2O4/c1-2-6-21-19-22(10-9-20(21)5-1)28-16-14-27(15-17-28)13-4-18-29-25-8-3-7-24-23(25)11-12-26-24;3-1(4)2(5)6/h1-3,5-12,19,26H,4,13-18H2;(H,3,4)(H,5,6). The molecule has 0 radical (unpaired) electrons. The van der Waals surface area contributed by atoms with Crippen LogP contribution in [0.2, 0.25) is 0 Å². The number of hydrogen-bond acceptors (Lipinski definition) is 5. The van der Waals surface area contributed by atoms with Crippen molar-refractivity contribution in [3.8, 4) is 5.75 Å². The minimum Gasteiger partial charge on any atom is -0.493 e. The molecule has 0 saturated carbocycles.